The van der Waals surface area contributed by atoms with Gasteiger partial charge in [-0.1, -0.05) is 0 Å². The van der Waals surface area contributed by atoms with Crippen LogP contribution in [-0.4, -0.2) is 35.8 Å². The lowest BCUT2D eigenvalue weighted by molar-refractivity contribution is 0.158. The van der Waals surface area contributed by atoms with E-state index in [9.17, 15) is 0 Å². The summed E-state index contributed by atoms with van der Waals surface area (Å²) in [7, 11) is 0. The highest BCUT2D eigenvalue weighted by atomic mass is 16.5. The molecule has 1 saturated heterocycles. The van der Waals surface area contributed by atoms with Gasteiger partial charge in [0.1, 0.15) is 12.4 Å². The van der Waals surface area contributed by atoms with Crippen molar-refractivity contribution in [1.82, 2.24) is 15.3 Å². The molecule has 5 heteroatoms. The second-order valence-corrected chi connectivity index (χ2v) is 4.13. The fourth-order valence-electron chi connectivity index (χ4n) is 1.90. The standard InChI is InChI=1S/C12H19N3O2/c1-3-16-11-9(2)12(15-8-14-11)17-10-5-4-6-13-7-10/h8,10,13H,3-7H2,1-2H3. The van der Waals surface area contributed by atoms with Crippen LogP contribution in [0.2, 0.25) is 0 Å². The molecule has 17 heavy (non-hydrogen) atoms. The van der Waals surface area contributed by atoms with E-state index < -0.39 is 0 Å². The maximum absolute atomic E-state index is 5.88. The second-order valence-electron chi connectivity index (χ2n) is 4.13. The van der Waals surface area contributed by atoms with E-state index in [2.05, 4.69) is 15.3 Å². The molecule has 0 saturated carbocycles. The molecule has 0 spiro atoms. The monoisotopic (exact) mass is 237 g/mol. The molecule has 0 aliphatic carbocycles. The van der Waals surface area contributed by atoms with Crippen molar-refractivity contribution >= 4 is 0 Å². The minimum atomic E-state index is 0.201. The molecule has 0 bridgehead atoms. The first-order chi connectivity index (χ1) is 8.31. The number of hydrogen-bond acceptors (Lipinski definition) is 5. The molecule has 1 aliphatic heterocycles. The molecule has 94 valence electrons. The van der Waals surface area contributed by atoms with Gasteiger partial charge in [0, 0.05) is 6.54 Å². The van der Waals surface area contributed by atoms with Crippen molar-refractivity contribution in [3.05, 3.63) is 11.9 Å². The van der Waals surface area contributed by atoms with E-state index in [4.69, 9.17) is 9.47 Å². The highest BCUT2D eigenvalue weighted by Crippen LogP contribution is 2.24. The third-order valence-corrected chi connectivity index (χ3v) is 2.80. The molecule has 1 aromatic rings. The number of nitrogens with one attached hydrogen (secondary N) is 1. The number of nitrogens with zero attached hydrogens (tertiary/aromatic N) is 2. The predicted octanol–water partition coefficient (Wildman–Crippen LogP) is 1.31. The normalized spacial score (nSPS) is 20.0. The first kappa shape index (κ1) is 12.1. The maximum Gasteiger partial charge on any atom is 0.223 e. The highest BCUT2D eigenvalue weighted by molar-refractivity contribution is 5.32. The Hall–Kier alpha value is -1.36. The van der Waals surface area contributed by atoms with Gasteiger partial charge in [0.15, 0.2) is 0 Å². The summed E-state index contributed by atoms with van der Waals surface area (Å²) in [5, 5.41) is 3.31. The summed E-state index contributed by atoms with van der Waals surface area (Å²) >= 11 is 0. The van der Waals surface area contributed by atoms with Gasteiger partial charge in [0.25, 0.3) is 0 Å². The lowest BCUT2D eigenvalue weighted by Gasteiger charge is -2.24. The summed E-state index contributed by atoms with van der Waals surface area (Å²) in [6.07, 6.45) is 3.91. The predicted molar refractivity (Wildman–Crippen MR) is 64.5 cm³/mol. The van der Waals surface area contributed by atoms with Crippen LogP contribution in [0.4, 0.5) is 0 Å². The van der Waals surface area contributed by atoms with Crippen LogP contribution in [0.15, 0.2) is 6.33 Å². The van der Waals surface area contributed by atoms with Crippen LogP contribution in [0.3, 0.4) is 0 Å². The van der Waals surface area contributed by atoms with Gasteiger partial charge in [-0.2, -0.15) is 0 Å². The number of hydrogen-bond donors (Lipinski definition) is 1. The minimum Gasteiger partial charge on any atom is -0.478 e. The Kier molecular flexibility index (Phi) is 4.14. The summed E-state index contributed by atoms with van der Waals surface area (Å²) in [6.45, 7) is 6.42. The highest BCUT2D eigenvalue weighted by Gasteiger charge is 2.17. The Balaban J connectivity index is 2.06. The van der Waals surface area contributed by atoms with E-state index in [1.165, 1.54) is 6.33 Å². The average molecular weight is 237 g/mol. The minimum absolute atomic E-state index is 0.201. The number of piperidine rings is 1. The molecule has 1 fully saturated rings. The molecule has 1 N–H and O–H groups in total. The van der Waals surface area contributed by atoms with Crippen LogP contribution in [-0.2, 0) is 0 Å². The van der Waals surface area contributed by atoms with Crippen molar-refractivity contribution in [2.24, 2.45) is 0 Å². The molecular formula is C12H19N3O2. The van der Waals surface area contributed by atoms with Crippen LogP contribution in [0.25, 0.3) is 0 Å². The Morgan fingerprint density at radius 1 is 1.41 bits per heavy atom. The van der Waals surface area contributed by atoms with E-state index in [-0.39, 0.29) is 6.10 Å². The van der Waals surface area contributed by atoms with Crippen molar-refractivity contribution < 1.29 is 9.47 Å². The van der Waals surface area contributed by atoms with Crippen LogP contribution >= 0.6 is 0 Å². The van der Waals surface area contributed by atoms with Gasteiger partial charge in [-0.05, 0) is 33.2 Å². The Morgan fingerprint density at radius 2 is 2.24 bits per heavy atom. The number of aromatic nitrogens is 2. The van der Waals surface area contributed by atoms with Gasteiger partial charge >= 0.3 is 0 Å². The maximum atomic E-state index is 5.88. The van der Waals surface area contributed by atoms with Crippen LogP contribution in [0, 0.1) is 6.92 Å². The van der Waals surface area contributed by atoms with Gasteiger partial charge in [-0.25, -0.2) is 9.97 Å². The van der Waals surface area contributed by atoms with Gasteiger partial charge in [-0.3, -0.25) is 0 Å². The molecular weight excluding hydrogens is 218 g/mol. The topological polar surface area (TPSA) is 56.3 Å². The van der Waals surface area contributed by atoms with Gasteiger partial charge in [0.05, 0.1) is 12.2 Å². The summed E-state index contributed by atoms with van der Waals surface area (Å²) in [4.78, 5) is 8.27. The zero-order valence-corrected chi connectivity index (χ0v) is 10.4. The van der Waals surface area contributed by atoms with E-state index in [0.717, 1.165) is 31.5 Å². The summed E-state index contributed by atoms with van der Waals surface area (Å²) in [5.41, 5.74) is 0.875. The molecule has 1 aromatic heterocycles. The van der Waals surface area contributed by atoms with E-state index in [1.54, 1.807) is 0 Å². The van der Waals surface area contributed by atoms with Crippen molar-refractivity contribution in [2.45, 2.75) is 32.8 Å². The Bertz CT molecular complexity index is 365. The SMILES string of the molecule is CCOc1ncnc(OC2CCCNC2)c1C. The van der Waals surface area contributed by atoms with E-state index in [1.807, 2.05) is 13.8 Å². The van der Waals surface area contributed by atoms with Crippen LogP contribution in [0.5, 0.6) is 11.8 Å². The summed E-state index contributed by atoms with van der Waals surface area (Å²) < 4.78 is 11.3. The fraction of sp³-hybridized carbons (Fsp3) is 0.667. The fourth-order valence-corrected chi connectivity index (χ4v) is 1.90. The third kappa shape index (κ3) is 3.06. The van der Waals surface area contributed by atoms with Crippen LogP contribution in [0.1, 0.15) is 25.3 Å². The lowest BCUT2D eigenvalue weighted by atomic mass is 10.1. The van der Waals surface area contributed by atoms with Crippen molar-refractivity contribution in [2.75, 3.05) is 19.7 Å². The Labute approximate surface area is 102 Å². The van der Waals surface area contributed by atoms with Crippen molar-refractivity contribution in [1.29, 1.82) is 0 Å². The lowest BCUT2D eigenvalue weighted by Crippen LogP contribution is -2.37. The summed E-state index contributed by atoms with van der Waals surface area (Å²) in [5.74, 6) is 1.25. The molecule has 2 heterocycles. The van der Waals surface area contributed by atoms with E-state index in [0.29, 0.717) is 18.4 Å². The molecule has 1 unspecified atom stereocenters. The summed E-state index contributed by atoms with van der Waals surface area (Å²) in [6, 6.07) is 0. The van der Waals surface area contributed by atoms with Gasteiger partial charge in [0.2, 0.25) is 11.8 Å². The first-order valence-electron chi connectivity index (χ1n) is 6.13. The largest absolute Gasteiger partial charge is 0.478 e. The second kappa shape index (κ2) is 5.82. The number of ether oxygens (including phenoxy) is 2. The quantitative estimate of drug-likeness (QED) is 0.855. The molecule has 0 radical (unpaired) electrons. The van der Waals surface area contributed by atoms with Crippen LogP contribution < -0.4 is 14.8 Å². The average Bonchev–Trinajstić information content (AvgIpc) is 2.36. The molecule has 0 amide bonds. The molecule has 1 atom stereocenters. The Morgan fingerprint density at radius 3 is 2.94 bits per heavy atom. The third-order valence-electron chi connectivity index (χ3n) is 2.80. The van der Waals surface area contributed by atoms with Crippen molar-refractivity contribution in [3.8, 4) is 11.8 Å². The molecule has 0 aromatic carbocycles. The van der Waals surface area contributed by atoms with E-state index >= 15 is 0 Å². The smallest absolute Gasteiger partial charge is 0.223 e. The van der Waals surface area contributed by atoms with Gasteiger partial charge in [-0.15, -0.1) is 0 Å². The first-order valence-corrected chi connectivity index (χ1v) is 6.13. The zero-order chi connectivity index (χ0) is 12.1. The van der Waals surface area contributed by atoms with Gasteiger partial charge < -0.3 is 14.8 Å². The molecule has 2 rings (SSSR count). The molecule has 5 nitrogen and oxygen atoms in total. The van der Waals surface area contributed by atoms with Crippen molar-refractivity contribution in [3.63, 3.8) is 0 Å². The number of rotatable bonds is 4. The zero-order valence-electron chi connectivity index (χ0n) is 10.4. The molecule has 1 aliphatic rings.